The van der Waals surface area contributed by atoms with Gasteiger partial charge < -0.3 is 5.11 Å². The summed E-state index contributed by atoms with van der Waals surface area (Å²) >= 11 is 0. The van der Waals surface area contributed by atoms with Crippen molar-refractivity contribution in [1.82, 2.24) is 14.5 Å². The molecule has 0 bridgehead atoms. The number of phenolic OH excluding ortho intramolecular Hbond substituents is 1. The van der Waals surface area contributed by atoms with Crippen LogP contribution >= 0.6 is 0 Å². The average Bonchev–Trinajstić information content (AvgIpc) is 3.76. The Labute approximate surface area is 388 Å². The summed E-state index contributed by atoms with van der Waals surface area (Å²) in [5.41, 5.74) is 10.3. The monoisotopic (exact) mass is 836 g/mol. The van der Waals surface area contributed by atoms with Crippen molar-refractivity contribution in [3.05, 3.63) is 217 Å². The van der Waals surface area contributed by atoms with E-state index < -0.39 is 26.0 Å². The second-order valence-electron chi connectivity index (χ2n) is 16.3. The van der Waals surface area contributed by atoms with E-state index in [0.717, 1.165) is 61.3 Å². The normalized spacial score (nSPS) is 14.2. The summed E-state index contributed by atoms with van der Waals surface area (Å²) in [6.07, 6.45) is 1.82. The van der Waals surface area contributed by atoms with Crippen LogP contribution in [0.2, 0.25) is 0 Å². The molecule has 64 heavy (non-hydrogen) atoms. The molecule has 0 radical (unpaired) electrons. The van der Waals surface area contributed by atoms with Crippen LogP contribution in [0, 0.1) is 13.8 Å². The maximum absolute atomic E-state index is 11.9. The minimum Gasteiger partial charge on any atom is -0.507 e. The van der Waals surface area contributed by atoms with Crippen LogP contribution in [0.1, 0.15) is 49.6 Å². The van der Waals surface area contributed by atoms with Crippen LogP contribution in [0.15, 0.2) is 200 Å². The Morgan fingerprint density at radius 1 is 0.484 bits per heavy atom. The molecule has 0 aliphatic carbocycles. The fourth-order valence-corrected chi connectivity index (χ4v) is 8.68. The smallest absolute Gasteiger partial charge is 0.149 e. The molecule has 0 aliphatic heterocycles. The number of aromatic nitrogens is 3. The number of benzene rings is 8. The zero-order chi connectivity index (χ0) is 51.5. The van der Waals surface area contributed by atoms with Gasteiger partial charge in [-0.05, 0) is 135 Å². The highest BCUT2D eigenvalue weighted by Gasteiger charge is 2.25. The molecule has 1 N–H and O–H groups in total. The first kappa shape index (κ1) is 31.1. The maximum Gasteiger partial charge on any atom is 0.149 e. The van der Waals surface area contributed by atoms with Gasteiger partial charge >= 0.3 is 0 Å². The fourth-order valence-electron chi connectivity index (χ4n) is 8.68. The van der Waals surface area contributed by atoms with Gasteiger partial charge in [0.05, 0.1) is 28.0 Å². The summed E-state index contributed by atoms with van der Waals surface area (Å²) in [6, 6.07) is 62.1. The number of phenols is 1. The molecule has 0 unspecified atom stereocenters. The first-order valence-electron chi connectivity index (χ1n) is 25.7. The molecule has 10 rings (SSSR count). The SMILES string of the molecule is [2H]C([2H])([2H])C(c1ccc(-n2c(-c3cc(C)cc(C)c3O)nc3c(-c4cc(-c5ccccc5)cc(-c5cc(-c6ccc(-c7ccccc7)cc6)ccn5)c4)cccc32)c(-c2ccccc2)c1)(C([2H])([2H])[2H])C([2H])([2H])[2H]. The summed E-state index contributed by atoms with van der Waals surface area (Å²) < 4.78 is 79.0. The molecule has 4 nitrogen and oxygen atoms in total. The molecule has 0 saturated heterocycles. The van der Waals surface area contributed by atoms with Gasteiger partial charge in [-0.3, -0.25) is 9.55 Å². The molecule has 0 fully saturated rings. The Balaban J connectivity index is 1.22. The Bertz CT molecular complexity index is 3620. The van der Waals surface area contributed by atoms with Gasteiger partial charge in [0.25, 0.3) is 0 Å². The zero-order valence-corrected chi connectivity index (χ0v) is 35.3. The minimum absolute atomic E-state index is 0.00170. The van der Waals surface area contributed by atoms with Gasteiger partial charge in [-0.1, -0.05) is 160 Å². The van der Waals surface area contributed by atoms with Crippen LogP contribution in [-0.4, -0.2) is 19.6 Å². The average molecular weight is 837 g/mol. The van der Waals surface area contributed by atoms with E-state index in [0.29, 0.717) is 44.8 Å². The third-order valence-corrected chi connectivity index (χ3v) is 11.9. The van der Waals surface area contributed by atoms with Crippen LogP contribution in [0.3, 0.4) is 0 Å². The van der Waals surface area contributed by atoms with E-state index in [1.165, 1.54) is 12.1 Å². The molecule has 8 aromatic carbocycles. The van der Waals surface area contributed by atoms with Gasteiger partial charge in [-0.25, -0.2) is 4.98 Å². The summed E-state index contributed by atoms with van der Waals surface area (Å²) in [5.74, 6) is 0.347. The van der Waals surface area contributed by atoms with Crippen LogP contribution in [0.25, 0.3) is 95.0 Å². The van der Waals surface area contributed by atoms with Gasteiger partial charge in [0, 0.05) is 35.2 Å². The Morgan fingerprint density at radius 2 is 1.09 bits per heavy atom. The van der Waals surface area contributed by atoms with E-state index >= 15 is 0 Å². The molecule has 0 aliphatic rings. The number of aromatic hydroxyl groups is 1. The standard InChI is InChI=1S/C60H49N3O/c1-39-32-40(2)58(64)53(33-39)59-62-57-51(22-15-23-56(57)63(59)55-29-28-50(60(3,4)5)38-52(55)45-20-13-8-14-21-45)48-34-47(42-18-11-7-12-19-42)35-49(36-48)54-37-46(30-31-61-54)44-26-24-43(25-27-44)41-16-9-6-10-17-41/h6-38,64H,1-5H3/i3D3,4D3,5D3. The van der Waals surface area contributed by atoms with Crippen LogP contribution in [0.4, 0.5) is 0 Å². The summed E-state index contributed by atoms with van der Waals surface area (Å²) in [6.45, 7) is -6.71. The van der Waals surface area contributed by atoms with Gasteiger partial charge in [0.15, 0.2) is 0 Å². The number of fused-ring (bicyclic) bond motifs is 1. The van der Waals surface area contributed by atoms with Crippen LogP contribution in [-0.2, 0) is 5.41 Å². The van der Waals surface area contributed by atoms with Crippen molar-refractivity contribution in [2.45, 2.75) is 39.8 Å². The Kier molecular flexibility index (Phi) is 8.00. The van der Waals surface area contributed by atoms with Gasteiger partial charge in [-0.2, -0.15) is 0 Å². The van der Waals surface area contributed by atoms with Crippen molar-refractivity contribution in [2.75, 3.05) is 0 Å². The largest absolute Gasteiger partial charge is 0.507 e. The van der Waals surface area contributed by atoms with E-state index in [1.54, 1.807) is 30.3 Å². The van der Waals surface area contributed by atoms with Crippen molar-refractivity contribution >= 4 is 11.0 Å². The first-order valence-corrected chi connectivity index (χ1v) is 21.2. The highest BCUT2D eigenvalue weighted by molar-refractivity contribution is 5.98. The van der Waals surface area contributed by atoms with Crippen LogP contribution < -0.4 is 0 Å². The lowest BCUT2D eigenvalue weighted by Gasteiger charge is -2.23. The summed E-state index contributed by atoms with van der Waals surface area (Å²) in [4.78, 5) is 10.3. The van der Waals surface area contributed by atoms with Crippen molar-refractivity contribution in [2.24, 2.45) is 0 Å². The Morgan fingerprint density at radius 3 is 1.78 bits per heavy atom. The van der Waals surface area contributed by atoms with E-state index in [9.17, 15) is 5.11 Å². The number of rotatable bonds is 8. The lowest BCUT2D eigenvalue weighted by atomic mass is 9.85. The fraction of sp³-hybridized carbons (Fsp3) is 0.100. The number of imidazole rings is 1. The number of nitrogens with zero attached hydrogens (tertiary/aromatic N) is 3. The molecule has 0 saturated carbocycles. The van der Waals surface area contributed by atoms with Crippen molar-refractivity contribution < 1.29 is 17.4 Å². The second kappa shape index (κ2) is 16.5. The second-order valence-corrected chi connectivity index (χ2v) is 16.3. The molecule has 2 aromatic heterocycles. The predicted octanol–water partition coefficient (Wildman–Crippen LogP) is 15.7. The molecular formula is C60H49N3O. The summed E-state index contributed by atoms with van der Waals surface area (Å²) in [7, 11) is 0. The number of aryl methyl sites for hydroxylation is 2. The van der Waals surface area contributed by atoms with Crippen LogP contribution in [0.5, 0.6) is 5.75 Å². The highest BCUT2D eigenvalue weighted by Crippen LogP contribution is 2.43. The van der Waals surface area contributed by atoms with Crippen molar-refractivity contribution in [1.29, 1.82) is 0 Å². The topological polar surface area (TPSA) is 50.9 Å². The zero-order valence-electron chi connectivity index (χ0n) is 44.3. The van der Waals surface area contributed by atoms with Gasteiger partial charge in [0.2, 0.25) is 0 Å². The number of para-hydroxylation sites is 1. The van der Waals surface area contributed by atoms with Gasteiger partial charge in [-0.15, -0.1) is 0 Å². The third-order valence-electron chi connectivity index (χ3n) is 11.9. The molecule has 0 atom stereocenters. The lowest BCUT2D eigenvalue weighted by Crippen LogP contribution is -2.12. The molecule has 2 heterocycles. The lowest BCUT2D eigenvalue weighted by molar-refractivity contribution is 0.472. The van der Waals surface area contributed by atoms with Crippen molar-refractivity contribution in [3.8, 4) is 89.7 Å². The van der Waals surface area contributed by atoms with E-state index in [-0.39, 0.29) is 11.3 Å². The molecule has 310 valence electrons. The molecule has 0 amide bonds. The molecular weight excluding hydrogens is 779 g/mol. The van der Waals surface area contributed by atoms with Gasteiger partial charge in [0.1, 0.15) is 11.6 Å². The minimum atomic E-state index is -3.48. The molecule has 0 spiro atoms. The molecule has 10 aromatic rings. The van der Waals surface area contributed by atoms with E-state index in [2.05, 4.69) is 72.8 Å². The van der Waals surface area contributed by atoms with E-state index in [1.807, 2.05) is 103 Å². The first-order chi connectivity index (χ1) is 34.8. The third kappa shape index (κ3) is 7.69. The maximum atomic E-state index is 11.9. The molecule has 4 heteroatoms. The van der Waals surface area contributed by atoms with Crippen molar-refractivity contribution in [3.63, 3.8) is 0 Å². The Hall–Kier alpha value is -7.82. The van der Waals surface area contributed by atoms with E-state index in [4.69, 9.17) is 22.3 Å². The quantitative estimate of drug-likeness (QED) is 0.166. The highest BCUT2D eigenvalue weighted by atomic mass is 16.3. The number of hydrogen-bond donors (Lipinski definition) is 1. The predicted molar refractivity (Wildman–Crippen MR) is 267 cm³/mol. The summed E-state index contributed by atoms with van der Waals surface area (Å²) in [5, 5.41) is 11.9. The number of hydrogen-bond acceptors (Lipinski definition) is 3. The number of pyridine rings is 1.